The van der Waals surface area contributed by atoms with Crippen molar-refractivity contribution in [2.45, 2.75) is 6.10 Å². The molecule has 0 aliphatic carbocycles. The van der Waals surface area contributed by atoms with Gasteiger partial charge in [-0.15, -0.1) is 0 Å². The number of hydrogen-bond donors (Lipinski definition) is 2. The van der Waals surface area contributed by atoms with E-state index >= 15 is 0 Å². The lowest BCUT2D eigenvalue weighted by molar-refractivity contribution is 0.181. The van der Waals surface area contributed by atoms with Gasteiger partial charge in [0.2, 0.25) is 0 Å². The quantitative estimate of drug-likeness (QED) is 0.787. The maximum Gasteiger partial charge on any atom is 0.137 e. The van der Waals surface area contributed by atoms with Crippen LogP contribution < -0.4 is 5.73 Å². The van der Waals surface area contributed by atoms with Crippen molar-refractivity contribution in [1.82, 2.24) is 0 Å². The minimum atomic E-state index is -1.16. The fourth-order valence-electron chi connectivity index (χ4n) is 0.920. The third kappa shape index (κ3) is 2.24. The molecular weight excluding hydrogens is 244 g/mol. The topological polar surface area (TPSA) is 46.2 Å². The molecule has 1 rings (SSSR count). The molecule has 0 saturated carbocycles. The number of nitrogens with two attached hydrogens (primary N) is 1. The van der Waals surface area contributed by atoms with Gasteiger partial charge < -0.3 is 10.8 Å². The van der Waals surface area contributed by atoms with Gasteiger partial charge in [0.05, 0.1) is 10.6 Å². The molecule has 0 aromatic heterocycles. The summed E-state index contributed by atoms with van der Waals surface area (Å²) in [7, 11) is 0. The Hall–Kier alpha value is -0.520. The average Bonchev–Trinajstić information content (AvgIpc) is 2.10. The van der Waals surface area contributed by atoms with Crippen LogP contribution in [0.1, 0.15) is 11.7 Å². The van der Waals surface area contributed by atoms with Gasteiger partial charge in [0.25, 0.3) is 0 Å². The van der Waals surface area contributed by atoms with Crippen molar-refractivity contribution in [3.8, 4) is 0 Å². The zero-order valence-electron chi connectivity index (χ0n) is 6.60. The molecule has 1 atom stereocenters. The van der Waals surface area contributed by atoms with E-state index in [1.807, 2.05) is 0 Å². The second kappa shape index (κ2) is 4.13. The molecule has 0 bridgehead atoms. The molecule has 0 aliphatic heterocycles. The fourth-order valence-corrected chi connectivity index (χ4v) is 1.24. The first kappa shape index (κ1) is 10.6. The van der Waals surface area contributed by atoms with Crippen LogP contribution in [0.3, 0.4) is 0 Å². The van der Waals surface area contributed by atoms with Crippen molar-refractivity contribution in [2.24, 2.45) is 5.73 Å². The van der Waals surface area contributed by atoms with E-state index in [0.29, 0.717) is 0 Å². The molecule has 0 heterocycles. The highest BCUT2D eigenvalue weighted by Crippen LogP contribution is 2.23. The summed E-state index contributed by atoms with van der Waals surface area (Å²) >= 11 is 2.82. The van der Waals surface area contributed by atoms with Crippen LogP contribution in [0.2, 0.25) is 0 Å². The summed E-state index contributed by atoms with van der Waals surface area (Å²) in [5, 5.41) is 9.18. The lowest BCUT2D eigenvalue weighted by Gasteiger charge is -2.09. The van der Waals surface area contributed by atoms with Gasteiger partial charge >= 0.3 is 0 Å². The molecule has 2 nitrogen and oxygen atoms in total. The molecule has 1 aromatic carbocycles. The van der Waals surface area contributed by atoms with Gasteiger partial charge in [0.15, 0.2) is 0 Å². The normalized spacial score (nSPS) is 13.0. The summed E-state index contributed by atoms with van der Waals surface area (Å²) in [5.74, 6) is -1.30. The van der Waals surface area contributed by atoms with Crippen LogP contribution in [0, 0.1) is 11.6 Å². The van der Waals surface area contributed by atoms with E-state index in [0.717, 1.165) is 12.1 Å². The highest BCUT2D eigenvalue weighted by atomic mass is 79.9. The second-order valence-corrected chi connectivity index (χ2v) is 3.39. The molecule has 13 heavy (non-hydrogen) atoms. The number of rotatable bonds is 2. The molecule has 0 aliphatic rings. The molecule has 0 spiro atoms. The Kier molecular flexibility index (Phi) is 3.35. The summed E-state index contributed by atoms with van der Waals surface area (Å²) in [6.45, 7) is -0.141. The first-order valence-electron chi connectivity index (χ1n) is 3.59. The summed E-state index contributed by atoms with van der Waals surface area (Å²) < 4.78 is 26.0. The van der Waals surface area contributed by atoms with Gasteiger partial charge in [0.1, 0.15) is 11.6 Å². The Morgan fingerprint density at radius 1 is 1.38 bits per heavy atom. The second-order valence-electron chi connectivity index (χ2n) is 2.54. The first-order chi connectivity index (χ1) is 6.06. The monoisotopic (exact) mass is 251 g/mol. The highest BCUT2D eigenvalue weighted by molar-refractivity contribution is 9.10. The molecule has 0 unspecified atom stereocenters. The molecule has 0 fully saturated rings. The van der Waals surface area contributed by atoms with Crippen LogP contribution in [-0.4, -0.2) is 11.7 Å². The molecule has 0 amide bonds. The van der Waals surface area contributed by atoms with Crippen LogP contribution >= 0.6 is 15.9 Å². The van der Waals surface area contributed by atoms with Gasteiger partial charge in [-0.25, -0.2) is 8.78 Å². The van der Waals surface area contributed by atoms with E-state index in [-0.39, 0.29) is 16.6 Å². The molecule has 72 valence electrons. The first-order valence-corrected chi connectivity index (χ1v) is 4.38. The van der Waals surface area contributed by atoms with Crippen LogP contribution in [0.25, 0.3) is 0 Å². The van der Waals surface area contributed by atoms with Gasteiger partial charge in [-0.2, -0.15) is 0 Å². The predicted octanol–water partition coefficient (Wildman–Crippen LogP) is 1.72. The van der Waals surface area contributed by atoms with Crippen molar-refractivity contribution in [3.63, 3.8) is 0 Å². The minimum Gasteiger partial charge on any atom is -0.387 e. The molecular formula is C8H8BrF2NO. The van der Waals surface area contributed by atoms with Crippen molar-refractivity contribution >= 4 is 15.9 Å². The molecule has 1 aromatic rings. The summed E-state index contributed by atoms with van der Waals surface area (Å²) in [6.07, 6.45) is -1.16. The summed E-state index contributed by atoms with van der Waals surface area (Å²) in [4.78, 5) is 0. The van der Waals surface area contributed by atoms with Crippen molar-refractivity contribution in [3.05, 3.63) is 33.8 Å². The van der Waals surface area contributed by atoms with E-state index in [9.17, 15) is 13.9 Å². The Labute approximate surface area is 82.5 Å². The molecule has 0 radical (unpaired) electrons. The largest absolute Gasteiger partial charge is 0.387 e. The summed E-state index contributed by atoms with van der Waals surface area (Å²) in [5.41, 5.74) is 4.99. The number of halogens is 3. The van der Waals surface area contributed by atoms with Gasteiger partial charge in [-0.1, -0.05) is 0 Å². The van der Waals surface area contributed by atoms with Crippen molar-refractivity contribution in [2.75, 3.05) is 6.54 Å². The van der Waals surface area contributed by atoms with Crippen LogP contribution in [0.4, 0.5) is 8.78 Å². The zero-order valence-corrected chi connectivity index (χ0v) is 8.18. The van der Waals surface area contributed by atoms with E-state index in [1.54, 1.807) is 0 Å². The third-order valence-corrected chi connectivity index (χ3v) is 2.23. The van der Waals surface area contributed by atoms with Crippen LogP contribution in [0.15, 0.2) is 16.6 Å². The van der Waals surface area contributed by atoms with Crippen molar-refractivity contribution in [1.29, 1.82) is 0 Å². The number of aliphatic hydroxyl groups is 1. The lowest BCUT2D eigenvalue weighted by Crippen LogP contribution is -2.13. The fraction of sp³-hybridized carbons (Fsp3) is 0.250. The SMILES string of the molecule is NC[C@H](O)c1cc(F)c(Br)cc1F. The van der Waals surface area contributed by atoms with Gasteiger partial charge in [0, 0.05) is 12.1 Å². The maximum absolute atomic E-state index is 13.1. The number of aliphatic hydroxyl groups excluding tert-OH is 1. The summed E-state index contributed by atoms with van der Waals surface area (Å²) in [6, 6.07) is 1.89. The maximum atomic E-state index is 13.1. The van der Waals surface area contributed by atoms with E-state index in [4.69, 9.17) is 5.73 Å². The standard InChI is InChI=1S/C8H8BrF2NO/c9-5-2-6(10)4(1-7(5)11)8(13)3-12/h1-2,8,13H,3,12H2/t8-/m0/s1. The van der Waals surface area contributed by atoms with E-state index < -0.39 is 17.7 Å². The molecule has 3 N–H and O–H groups in total. The minimum absolute atomic E-state index is 0.0259. The third-order valence-electron chi connectivity index (χ3n) is 1.62. The molecule has 0 saturated heterocycles. The highest BCUT2D eigenvalue weighted by Gasteiger charge is 2.14. The van der Waals surface area contributed by atoms with E-state index in [1.165, 1.54) is 0 Å². The van der Waals surface area contributed by atoms with Gasteiger partial charge in [-0.3, -0.25) is 0 Å². The van der Waals surface area contributed by atoms with E-state index in [2.05, 4.69) is 15.9 Å². The molecule has 5 heteroatoms. The Balaban J connectivity index is 3.15. The Morgan fingerprint density at radius 2 is 2.00 bits per heavy atom. The average molecular weight is 252 g/mol. The van der Waals surface area contributed by atoms with Crippen molar-refractivity contribution < 1.29 is 13.9 Å². The predicted molar refractivity (Wildman–Crippen MR) is 48.1 cm³/mol. The van der Waals surface area contributed by atoms with Crippen LogP contribution in [-0.2, 0) is 0 Å². The Morgan fingerprint density at radius 3 is 2.54 bits per heavy atom. The lowest BCUT2D eigenvalue weighted by atomic mass is 10.1. The smallest absolute Gasteiger partial charge is 0.137 e. The zero-order chi connectivity index (χ0) is 10.0. The van der Waals surface area contributed by atoms with Gasteiger partial charge in [-0.05, 0) is 28.1 Å². The number of hydrogen-bond acceptors (Lipinski definition) is 2. The Bertz CT molecular complexity index is 319. The van der Waals surface area contributed by atoms with Crippen LogP contribution in [0.5, 0.6) is 0 Å². The number of benzene rings is 1.